The summed E-state index contributed by atoms with van der Waals surface area (Å²) >= 11 is 0. The molecule has 1 heterocycles. The van der Waals surface area contributed by atoms with Crippen molar-refractivity contribution < 1.29 is 14.6 Å². The van der Waals surface area contributed by atoms with Crippen LogP contribution in [0.5, 0.6) is 5.75 Å². The maximum atomic E-state index is 11.1. The van der Waals surface area contributed by atoms with E-state index in [-0.39, 0.29) is 0 Å². The highest BCUT2D eigenvalue weighted by Gasteiger charge is 2.17. The maximum absolute atomic E-state index is 11.1. The summed E-state index contributed by atoms with van der Waals surface area (Å²) in [5.74, 6) is 0.707. The van der Waals surface area contributed by atoms with Crippen LogP contribution < -0.4 is 9.84 Å². The first-order chi connectivity index (χ1) is 9.75. The van der Waals surface area contributed by atoms with Crippen LogP contribution in [-0.4, -0.2) is 5.30 Å². The van der Waals surface area contributed by atoms with Crippen molar-refractivity contribution >= 4 is 25.9 Å². The monoisotopic (exact) mass is 284 g/mol. The van der Waals surface area contributed by atoms with Crippen LogP contribution >= 0.6 is 10.5 Å². The molecule has 20 heavy (non-hydrogen) atoms. The summed E-state index contributed by atoms with van der Waals surface area (Å²) in [5.41, 5.74) is 1.07. The van der Waals surface area contributed by atoms with E-state index in [1.54, 1.807) is 11.4 Å². The molecular formula is C16H12O3S. The number of rotatable bonds is 4. The smallest absolute Gasteiger partial charge is 0.301 e. The fourth-order valence-electron chi connectivity index (χ4n) is 2.10. The number of ether oxygens (including phenoxy) is 1. The highest BCUT2D eigenvalue weighted by molar-refractivity contribution is 7.53. The quantitative estimate of drug-likeness (QED) is 0.690. The predicted octanol–water partition coefficient (Wildman–Crippen LogP) is 3.36. The molecule has 0 aliphatic heterocycles. The molecule has 0 spiro atoms. The fraction of sp³-hybridized carbons (Fsp3) is 0.0625. The van der Waals surface area contributed by atoms with Gasteiger partial charge in [-0.2, -0.15) is 0 Å². The standard InChI is InChI=1S/C16H12O3S/c17-16(18)20-10-9-13-14(7-4-8-15(13)20)19-11-12-5-2-1-3-6-12/h1-10H,11H2. The van der Waals surface area contributed by atoms with Gasteiger partial charge in [-0.1, -0.05) is 36.4 Å². The average Bonchev–Trinajstić information content (AvgIpc) is 2.91. The van der Waals surface area contributed by atoms with Gasteiger partial charge >= 0.3 is 5.30 Å². The molecule has 3 nitrogen and oxygen atoms in total. The molecule has 0 bridgehead atoms. The van der Waals surface area contributed by atoms with Gasteiger partial charge in [0, 0.05) is 16.5 Å². The van der Waals surface area contributed by atoms with Crippen LogP contribution in [-0.2, 0) is 6.61 Å². The van der Waals surface area contributed by atoms with Crippen LogP contribution in [0.25, 0.3) is 10.1 Å². The SMILES string of the molecule is O=C([O-])[s+]1ccc2c(OCc3ccccc3)cccc21. The first kappa shape index (κ1) is 12.7. The lowest BCUT2D eigenvalue weighted by molar-refractivity contribution is -0.233. The van der Waals surface area contributed by atoms with E-state index in [0.29, 0.717) is 12.4 Å². The second-order valence-electron chi connectivity index (χ2n) is 4.33. The van der Waals surface area contributed by atoms with Crippen molar-refractivity contribution in [1.82, 2.24) is 0 Å². The zero-order chi connectivity index (χ0) is 13.9. The Hall–Kier alpha value is -2.33. The van der Waals surface area contributed by atoms with Crippen molar-refractivity contribution in [3.05, 3.63) is 65.5 Å². The zero-order valence-corrected chi connectivity index (χ0v) is 11.4. The Morgan fingerprint density at radius 3 is 2.60 bits per heavy atom. The third-order valence-electron chi connectivity index (χ3n) is 3.05. The summed E-state index contributed by atoms with van der Waals surface area (Å²) in [5, 5.41) is 12.5. The Kier molecular flexibility index (Phi) is 3.39. The van der Waals surface area contributed by atoms with E-state index in [1.807, 2.05) is 48.5 Å². The van der Waals surface area contributed by atoms with Gasteiger partial charge in [0.25, 0.3) is 0 Å². The second-order valence-corrected chi connectivity index (χ2v) is 6.05. The third-order valence-corrected chi connectivity index (χ3v) is 4.65. The van der Waals surface area contributed by atoms with Gasteiger partial charge in [0.1, 0.15) is 17.7 Å². The molecule has 2 aromatic carbocycles. The van der Waals surface area contributed by atoms with Gasteiger partial charge in [0.05, 0.1) is 5.39 Å². The van der Waals surface area contributed by atoms with E-state index >= 15 is 0 Å². The van der Waals surface area contributed by atoms with Crippen LogP contribution in [0, 0.1) is 0 Å². The first-order valence-corrected chi connectivity index (χ1v) is 7.46. The predicted molar refractivity (Wildman–Crippen MR) is 78.0 cm³/mol. The summed E-state index contributed by atoms with van der Waals surface area (Å²) in [4.78, 5) is 11.1. The Balaban J connectivity index is 1.90. The Labute approximate surface area is 119 Å². The Bertz CT molecular complexity index is 747. The van der Waals surface area contributed by atoms with Gasteiger partial charge in [0.2, 0.25) is 0 Å². The summed E-state index contributed by atoms with van der Waals surface area (Å²) in [6, 6.07) is 17.1. The zero-order valence-electron chi connectivity index (χ0n) is 10.6. The van der Waals surface area contributed by atoms with E-state index in [0.717, 1.165) is 15.6 Å². The molecule has 0 aliphatic rings. The summed E-state index contributed by atoms with van der Waals surface area (Å²) in [6.45, 7) is 0.463. The van der Waals surface area contributed by atoms with Gasteiger partial charge in [-0.15, -0.1) is 0 Å². The molecular weight excluding hydrogens is 272 g/mol. The molecule has 3 rings (SSSR count). The number of carbonyl (C=O) groups is 1. The summed E-state index contributed by atoms with van der Waals surface area (Å²) in [6.07, 6.45) is 0. The molecule has 0 amide bonds. The number of fused-ring (bicyclic) bond motifs is 1. The molecule has 1 unspecified atom stereocenters. The number of hydrogen-bond acceptors (Lipinski definition) is 3. The van der Waals surface area contributed by atoms with E-state index in [4.69, 9.17) is 4.74 Å². The lowest BCUT2D eigenvalue weighted by atomic mass is 10.2. The number of hydrogen-bond donors (Lipinski definition) is 0. The van der Waals surface area contributed by atoms with E-state index in [9.17, 15) is 9.90 Å². The number of benzene rings is 2. The Morgan fingerprint density at radius 2 is 1.85 bits per heavy atom. The van der Waals surface area contributed by atoms with Crippen LogP contribution in [0.4, 0.5) is 4.79 Å². The molecule has 0 saturated heterocycles. The fourth-order valence-corrected chi connectivity index (χ4v) is 3.44. The van der Waals surface area contributed by atoms with Crippen molar-refractivity contribution in [1.29, 1.82) is 0 Å². The average molecular weight is 284 g/mol. The first-order valence-electron chi connectivity index (χ1n) is 6.18. The molecule has 0 saturated carbocycles. The van der Waals surface area contributed by atoms with Gasteiger partial charge in [-0.3, -0.25) is 0 Å². The van der Waals surface area contributed by atoms with Crippen LogP contribution in [0.1, 0.15) is 5.56 Å². The topological polar surface area (TPSA) is 49.4 Å². The normalized spacial score (nSPS) is 11.5. The summed E-state index contributed by atoms with van der Waals surface area (Å²) < 4.78 is 6.56. The van der Waals surface area contributed by atoms with Crippen LogP contribution in [0.3, 0.4) is 0 Å². The largest absolute Gasteiger partial charge is 0.500 e. The maximum Gasteiger partial charge on any atom is 0.301 e. The molecule has 0 N–H and O–H groups in total. The van der Waals surface area contributed by atoms with Gasteiger partial charge in [-0.25, -0.2) is 0 Å². The Morgan fingerprint density at radius 1 is 1.05 bits per heavy atom. The van der Waals surface area contributed by atoms with Crippen molar-refractivity contribution in [2.24, 2.45) is 0 Å². The van der Waals surface area contributed by atoms with Gasteiger partial charge < -0.3 is 14.6 Å². The lowest BCUT2D eigenvalue weighted by Crippen LogP contribution is -2.15. The van der Waals surface area contributed by atoms with Gasteiger partial charge in [0.15, 0.2) is 4.70 Å². The molecule has 100 valence electrons. The van der Waals surface area contributed by atoms with Crippen molar-refractivity contribution in [2.75, 3.05) is 0 Å². The van der Waals surface area contributed by atoms with Crippen LogP contribution in [0.15, 0.2) is 60.0 Å². The van der Waals surface area contributed by atoms with Crippen LogP contribution in [0.2, 0.25) is 0 Å². The molecule has 1 aromatic heterocycles. The van der Waals surface area contributed by atoms with Crippen molar-refractivity contribution in [2.45, 2.75) is 6.61 Å². The molecule has 0 radical (unpaired) electrons. The van der Waals surface area contributed by atoms with Gasteiger partial charge in [-0.05, 0) is 17.7 Å². The summed E-state index contributed by atoms with van der Waals surface area (Å²) in [7, 11) is -0.967. The third kappa shape index (κ3) is 2.38. The van der Waals surface area contributed by atoms with E-state index in [1.165, 1.54) is 0 Å². The molecule has 3 aromatic rings. The highest BCUT2D eigenvalue weighted by Crippen LogP contribution is 2.36. The molecule has 0 aliphatic carbocycles. The lowest BCUT2D eigenvalue weighted by Gasteiger charge is -2.06. The van der Waals surface area contributed by atoms with Crippen molar-refractivity contribution in [3.8, 4) is 5.75 Å². The van der Waals surface area contributed by atoms with Crippen molar-refractivity contribution in [3.63, 3.8) is 0 Å². The number of carbonyl (C=O) groups excluding carboxylic acids is 1. The minimum atomic E-state index is -1.06. The molecule has 4 heteroatoms. The van der Waals surface area contributed by atoms with E-state index < -0.39 is 15.8 Å². The second kappa shape index (κ2) is 5.35. The molecule has 0 fully saturated rings. The highest BCUT2D eigenvalue weighted by atomic mass is 32.2. The number of carboxylic acid groups (broad SMARTS) is 1. The molecule has 1 atom stereocenters. The van der Waals surface area contributed by atoms with E-state index in [2.05, 4.69) is 0 Å². The number of thiophene rings is 1. The minimum absolute atomic E-state index is 0.463. The minimum Gasteiger partial charge on any atom is -0.500 e.